The summed E-state index contributed by atoms with van der Waals surface area (Å²) < 4.78 is 1.81. The number of likely N-dealkylation sites (N-methyl/N-ethyl adjacent to an activating group) is 1. The smallest absolute Gasteiger partial charge is 0.262 e. The topological polar surface area (TPSA) is 57.2 Å². The normalized spacial score (nSPS) is 16.0. The van der Waals surface area contributed by atoms with Crippen molar-refractivity contribution in [3.05, 3.63) is 39.8 Å². The molecule has 0 saturated carbocycles. The van der Waals surface area contributed by atoms with Gasteiger partial charge in [-0.15, -0.1) is 0 Å². The fourth-order valence-corrected chi connectivity index (χ4v) is 3.74. The molecule has 1 fully saturated rings. The molecule has 6 nitrogen and oxygen atoms in total. The number of aromatic nitrogens is 3. The molecule has 0 aliphatic carbocycles. The van der Waals surface area contributed by atoms with Crippen molar-refractivity contribution in [2.45, 2.75) is 20.4 Å². The largest absolute Gasteiger partial charge is 0.308 e. The second kappa shape index (κ2) is 7.18. The minimum Gasteiger partial charge on any atom is -0.308 e. The summed E-state index contributed by atoms with van der Waals surface area (Å²) in [4.78, 5) is 17.5. The predicted octanol–water partition coefficient (Wildman–Crippen LogP) is 1.81. The van der Waals surface area contributed by atoms with E-state index in [1.165, 1.54) is 0 Å². The SMILES string of the molecule is CCn1c(=O)c2c(C)[nH]nc2c2cc(C#CCN3CCN(C)CC3)ccc21. The number of aromatic amines is 1. The molecule has 27 heavy (non-hydrogen) atoms. The van der Waals surface area contributed by atoms with Crippen LogP contribution in [0.15, 0.2) is 23.0 Å². The van der Waals surface area contributed by atoms with Crippen molar-refractivity contribution in [3.63, 3.8) is 0 Å². The number of H-pyrrole nitrogens is 1. The van der Waals surface area contributed by atoms with Gasteiger partial charge in [0, 0.05) is 49.4 Å². The molecule has 2 aromatic heterocycles. The molecule has 0 unspecified atom stereocenters. The number of nitrogens with one attached hydrogen (secondary N) is 1. The van der Waals surface area contributed by atoms with Crippen molar-refractivity contribution in [2.75, 3.05) is 39.8 Å². The molecule has 1 saturated heterocycles. The first-order chi connectivity index (χ1) is 13.1. The summed E-state index contributed by atoms with van der Waals surface area (Å²) in [5.41, 5.74) is 3.43. The van der Waals surface area contributed by atoms with E-state index in [0.717, 1.165) is 60.4 Å². The number of aryl methyl sites for hydroxylation is 2. The average Bonchev–Trinajstić information content (AvgIpc) is 3.06. The van der Waals surface area contributed by atoms with E-state index in [-0.39, 0.29) is 5.56 Å². The molecule has 1 N–H and O–H groups in total. The summed E-state index contributed by atoms with van der Waals surface area (Å²) in [5.74, 6) is 6.59. The number of hydrogen-bond acceptors (Lipinski definition) is 4. The third-order valence-corrected chi connectivity index (χ3v) is 5.40. The summed E-state index contributed by atoms with van der Waals surface area (Å²) in [7, 11) is 2.16. The molecule has 0 amide bonds. The lowest BCUT2D eigenvalue weighted by molar-refractivity contribution is 0.168. The number of piperazine rings is 1. The zero-order chi connectivity index (χ0) is 19.0. The van der Waals surface area contributed by atoms with Crippen LogP contribution in [0, 0.1) is 18.8 Å². The molecule has 4 rings (SSSR count). The summed E-state index contributed by atoms with van der Waals surface area (Å²) in [6.07, 6.45) is 0. The standard InChI is InChI=1S/C21H25N5O/c1-4-26-18-8-7-16(6-5-9-25-12-10-24(3)11-13-25)14-17(18)20-19(21(26)27)15(2)22-23-20/h7-8,14H,4,9-13H2,1-3H3,(H,22,23). The zero-order valence-corrected chi connectivity index (χ0v) is 16.2. The first-order valence-electron chi connectivity index (χ1n) is 9.49. The Morgan fingerprint density at radius 3 is 2.74 bits per heavy atom. The van der Waals surface area contributed by atoms with Crippen molar-refractivity contribution < 1.29 is 0 Å². The number of rotatable bonds is 2. The Balaban J connectivity index is 1.70. The Bertz CT molecular complexity index is 1110. The minimum absolute atomic E-state index is 0.0140. The molecule has 140 valence electrons. The van der Waals surface area contributed by atoms with Crippen molar-refractivity contribution in [3.8, 4) is 11.8 Å². The van der Waals surface area contributed by atoms with Gasteiger partial charge in [-0.1, -0.05) is 11.8 Å². The van der Waals surface area contributed by atoms with Crippen LogP contribution in [0.25, 0.3) is 21.8 Å². The Morgan fingerprint density at radius 1 is 1.22 bits per heavy atom. The van der Waals surface area contributed by atoms with Crippen LogP contribution in [-0.4, -0.2) is 64.3 Å². The molecule has 0 spiro atoms. The highest BCUT2D eigenvalue weighted by Gasteiger charge is 2.15. The fourth-order valence-electron chi connectivity index (χ4n) is 3.74. The highest BCUT2D eigenvalue weighted by atomic mass is 16.1. The fraction of sp³-hybridized carbons (Fsp3) is 0.429. The highest BCUT2D eigenvalue weighted by Crippen LogP contribution is 2.23. The van der Waals surface area contributed by atoms with Crippen molar-refractivity contribution in [2.24, 2.45) is 0 Å². The molecule has 1 aromatic carbocycles. The molecule has 0 atom stereocenters. The van der Waals surface area contributed by atoms with Gasteiger partial charge < -0.3 is 9.47 Å². The lowest BCUT2D eigenvalue weighted by Gasteiger charge is -2.30. The van der Waals surface area contributed by atoms with Gasteiger partial charge in [0.2, 0.25) is 0 Å². The van der Waals surface area contributed by atoms with E-state index in [9.17, 15) is 4.79 Å². The molecular weight excluding hydrogens is 338 g/mol. The van der Waals surface area contributed by atoms with Gasteiger partial charge in [-0.2, -0.15) is 5.10 Å². The minimum atomic E-state index is 0.0140. The molecule has 3 heterocycles. The van der Waals surface area contributed by atoms with Crippen LogP contribution in [0.2, 0.25) is 0 Å². The van der Waals surface area contributed by atoms with E-state index in [0.29, 0.717) is 11.9 Å². The molecule has 6 heteroatoms. The lowest BCUT2D eigenvalue weighted by Crippen LogP contribution is -2.44. The number of nitrogens with zero attached hydrogens (tertiary/aromatic N) is 4. The molecule has 3 aromatic rings. The quantitative estimate of drug-likeness (QED) is 0.706. The highest BCUT2D eigenvalue weighted by molar-refractivity contribution is 6.04. The van der Waals surface area contributed by atoms with E-state index in [1.54, 1.807) is 0 Å². The van der Waals surface area contributed by atoms with Gasteiger partial charge in [0.05, 0.1) is 17.4 Å². The maximum Gasteiger partial charge on any atom is 0.262 e. The van der Waals surface area contributed by atoms with Crippen LogP contribution in [0.1, 0.15) is 18.2 Å². The monoisotopic (exact) mass is 363 g/mol. The Kier molecular flexibility index (Phi) is 4.73. The van der Waals surface area contributed by atoms with Gasteiger partial charge in [-0.05, 0) is 39.1 Å². The lowest BCUT2D eigenvalue weighted by atomic mass is 10.1. The summed E-state index contributed by atoms with van der Waals surface area (Å²) >= 11 is 0. The van der Waals surface area contributed by atoms with Gasteiger partial charge in [0.1, 0.15) is 5.52 Å². The van der Waals surface area contributed by atoms with Crippen LogP contribution >= 0.6 is 0 Å². The average molecular weight is 363 g/mol. The third-order valence-electron chi connectivity index (χ3n) is 5.40. The Labute approximate surface area is 158 Å². The summed E-state index contributed by atoms with van der Waals surface area (Å²) in [6.45, 7) is 9.64. The maximum absolute atomic E-state index is 12.8. The number of benzene rings is 1. The van der Waals surface area contributed by atoms with Gasteiger partial charge in [0.15, 0.2) is 0 Å². The van der Waals surface area contributed by atoms with Gasteiger partial charge >= 0.3 is 0 Å². The van der Waals surface area contributed by atoms with E-state index < -0.39 is 0 Å². The van der Waals surface area contributed by atoms with Crippen LogP contribution < -0.4 is 5.56 Å². The second-order valence-corrected chi connectivity index (χ2v) is 7.23. The van der Waals surface area contributed by atoms with Gasteiger partial charge in [-0.25, -0.2) is 0 Å². The van der Waals surface area contributed by atoms with E-state index in [2.05, 4.69) is 45.0 Å². The first-order valence-corrected chi connectivity index (χ1v) is 9.49. The number of hydrogen-bond donors (Lipinski definition) is 1. The van der Waals surface area contributed by atoms with Crippen LogP contribution in [0.3, 0.4) is 0 Å². The number of fused-ring (bicyclic) bond motifs is 3. The molecule has 0 bridgehead atoms. The summed E-state index contributed by atoms with van der Waals surface area (Å²) in [6, 6.07) is 6.04. The molecule has 1 aliphatic heterocycles. The zero-order valence-electron chi connectivity index (χ0n) is 16.2. The molecular formula is C21H25N5O. The summed E-state index contributed by atoms with van der Waals surface area (Å²) in [5, 5.41) is 8.99. The van der Waals surface area contributed by atoms with E-state index >= 15 is 0 Å². The number of pyridine rings is 1. The van der Waals surface area contributed by atoms with Crippen LogP contribution in [0.5, 0.6) is 0 Å². The third kappa shape index (κ3) is 3.25. The van der Waals surface area contributed by atoms with E-state index in [4.69, 9.17) is 0 Å². The first kappa shape index (κ1) is 17.8. The van der Waals surface area contributed by atoms with Crippen LogP contribution in [0.4, 0.5) is 0 Å². The van der Waals surface area contributed by atoms with Crippen LogP contribution in [-0.2, 0) is 6.54 Å². The van der Waals surface area contributed by atoms with E-state index in [1.807, 2.05) is 30.5 Å². The Hall–Kier alpha value is -2.62. The Morgan fingerprint density at radius 2 is 2.00 bits per heavy atom. The van der Waals surface area contributed by atoms with Crippen molar-refractivity contribution in [1.82, 2.24) is 24.6 Å². The maximum atomic E-state index is 12.8. The van der Waals surface area contributed by atoms with Crippen molar-refractivity contribution in [1.29, 1.82) is 0 Å². The predicted molar refractivity (Wildman–Crippen MR) is 109 cm³/mol. The van der Waals surface area contributed by atoms with Gasteiger partial charge in [-0.3, -0.25) is 14.8 Å². The molecule has 0 radical (unpaired) electrons. The molecule has 1 aliphatic rings. The second-order valence-electron chi connectivity index (χ2n) is 7.23. The van der Waals surface area contributed by atoms with Gasteiger partial charge in [0.25, 0.3) is 5.56 Å². The van der Waals surface area contributed by atoms with Crippen molar-refractivity contribution >= 4 is 21.8 Å².